The number of nitrogens with one attached hydrogen (secondary N) is 1. The topological polar surface area (TPSA) is 49.9 Å². The Morgan fingerprint density at radius 2 is 2.07 bits per heavy atom. The summed E-state index contributed by atoms with van der Waals surface area (Å²) in [7, 11) is 0. The van der Waals surface area contributed by atoms with Crippen LogP contribution in [0.2, 0.25) is 0 Å². The number of thioether (sulfide) groups is 1. The highest BCUT2D eigenvalue weighted by molar-refractivity contribution is 8.14. The van der Waals surface area contributed by atoms with Gasteiger partial charge in [-0.05, 0) is 36.0 Å². The molecule has 0 radical (unpaired) electrons. The predicted molar refractivity (Wildman–Crippen MR) is 62.5 cm³/mol. The Labute approximate surface area is 90.5 Å². The quantitative estimate of drug-likeness (QED) is 0.518. The van der Waals surface area contributed by atoms with E-state index in [4.69, 9.17) is 11.1 Å². The summed E-state index contributed by atoms with van der Waals surface area (Å²) in [6.07, 6.45) is 3.95. The number of rotatable bonds is 1. The van der Waals surface area contributed by atoms with Crippen molar-refractivity contribution in [1.29, 1.82) is 5.41 Å². The maximum absolute atomic E-state index is 7.40. The van der Waals surface area contributed by atoms with Gasteiger partial charge in [0.25, 0.3) is 0 Å². The molecule has 2 nitrogen and oxygen atoms in total. The maximum Gasteiger partial charge on any atom is 0.151 e. The molecule has 2 bridgehead atoms. The zero-order chi connectivity index (χ0) is 10.6. The summed E-state index contributed by atoms with van der Waals surface area (Å²) in [4.78, 5) is 0. The highest BCUT2D eigenvalue weighted by Crippen LogP contribution is 2.68. The van der Waals surface area contributed by atoms with Crippen molar-refractivity contribution in [2.75, 3.05) is 0 Å². The zero-order valence-corrected chi connectivity index (χ0v) is 10.1. The third kappa shape index (κ3) is 1.14. The van der Waals surface area contributed by atoms with E-state index in [1.54, 1.807) is 11.8 Å². The molecule has 0 amide bonds. The van der Waals surface area contributed by atoms with Gasteiger partial charge in [0, 0.05) is 5.25 Å². The van der Waals surface area contributed by atoms with Gasteiger partial charge in [0.15, 0.2) is 5.17 Å². The lowest BCUT2D eigenvalue weighted by Gasteiger charge is -2.38. The van der Waals surface area contributed by atoms with Crippen molar-refractivity contribution < 1.29 is 0 Å². The van der Waals surface area contributed by atoms with Crippen LogP contribution in [0.1, 0.15) is 40.0 Å². The molecule has 0 aliphatic heterocycles. The van der Waals surface area contributed by atoms with Gasteiger partial charge in [-0.1, -0.05) is 32.5 Å². The molecule has 0 aromatic rings. The lowest BCUT2D eigenvalue weighted by Crippen LogP contribution is -2.35. The minimum atomic E-state index is 0.291. The van der Waals surface area contributed by atoms with Gasteiger partial charge >= 0.3 is 0 Å². The number of amidine groups is 1. The minimum absolute atomic E-state index is 0.291. The van der Waals surface area contributed by atoms with Crippen LogP contribution in [-0.4, -0.2) is 10.4 Å². The fourth-order valence-corrected chi connectivity index (χ4v) is 4.78. The molecule has 0 heterocycles. The zero-order valence-electron chi connectivity index (χ0n) is 9.26. The highest BCUT2D eigenvalue weighted by Gasteiger charge is 2.61. The number of nitrogens with two attached hydrogens (primary N) is 1. The summed E-state index contributed by atoms with van der Waals surface area (Å²) in [5, 5.41) is 8.26. The van der Waals surface area contributed by atoms with E-state index in [-0.39, 0.29) is 0 Å². The smallest absolute Gasteiger partial charge is 0.151 e. The van der Waals surface area contributed by atoms with E-state index in [0.717, 1.165) is 5.92 Å². The van der Waals surface area contributed by atoms with Crippen LogP contribution >= 0.6 is 11.8 Å². The number of hydrogen-bond acceptors (Lipinski definition) is 2. The van der Waals surface area contributed by atoms with E-state index >= 15 is 0 Å². The summed E-state index contributed by atoms with van der Waals surface area (Å²) in [6.45, 7) is 7.18. The van der Waals surface area contributed by atoms with Crippen LogP contribution in [0, 0.1) is 22.2 Å². The second-order valence-corrected chi connectivity index (χ2v) is 6.83. The standard InChI is InChI=1S/C11H20N2S/c1-10(2)7-4-5-11(10,3)8(6-7)14-9(12)13/h7-8H,4-6H2,1-3H3,(H3,12,13)/t7-,8-,11-/m0/s1. The molecule has 2 aliphatic carbocycles. The third-order valence-electron chi connectivity index (χ3n) is 4.98. The number of hydrogen-bond donors (Lipinski definition) is 2. The average molecular weight is 212 g/mol. The Morgan fingerprint density at radius 3 is 2.43 bits per heavy atom. The maximum atomic E-state index is 7.40. The van der Waals surface area contributed by atoms with Gasteiger partial charge in [0.2, 0.25) is 0 Å². The molecule has 2 rings (SSSR count). The van der Waals surface area contributed by atoms with E-state index in [1.807, 2.05) is 0 Å². The normalized spacial score (nSPS) is 44.2. The first-order valence-electron chi connectivity index (χ1n) is 5.38. The third-order valence-corrected chi connectivity index (χ3v) is 6.23. The van der Waals surface area contributed by atoms with Crippen molar-refractivity contribution in [1.82, 2.24) is 0 Å². The predicted octanol–water partition coefficient (Wildman–Crippen LogP) is 2.83. The molecular weight excluding hydrogens is 192 g/mol. The Kier molecular flexibility index (Phi) is 2.15. The van der Waals surface area contributed by atoms with Crippen LogP contribution in [0.25, 0.3) is 0 Å². The average Bonchev–Trinajstić information content (AvgIpc) is 2.35. The lowest BCUT2D eigenvalue weighted by molar-refractivity contribution is 0.157. The molecular formula is C11H20N2S. The van der Waals surface area contributed by atoms with Crippen molar-refractivity contribution in [3.05, 3.63) is 0 Å². The Hall–Kier alpha value is -0.180. The molecule has 0 spiro atoms. The number of fused-ring (bicyclic) bond motifs is 2. The molecule has 3 atom stereocenters. The molecule has 3 heteroatoms. The molecule has 0 aromatic heterocycles. The Morgan fingerprint density at radius 1 is 1.43 bits per heavy atom. The molecule has 0 aromatic carbocycles. The molecule has 0 saturated heterocycles. The van der Waals surface area contributed by atoms with Crippen LogP contribution in [0.5, 0.6) is 0 Å². The molecule has 2 saturated carbocycles. The van der Waals surface area contributed by atoms with Gasteiger partial charge in [0.1, 0.15) is 0 Å². The van der Waals surface area contributed by atoms with Crippen LogP contribution in [0.15, 0.2) is 0 Å². The molecule has 2 fully saturated rings. The summed E-state index contributed by atoms with van der Waals surface area (Å²) in [5.74, 6) is 0.851. The minimum Gasteiger partial charge on any atom is -0.379 e. The van der Waals surface area contributed by atoms with Crippen LogP contribution < -0.4 is 5.73 Å². The summed E-state index contributed by atoms with van der Waals surface area (Å²) >= 11 is 1.59. The molecule has 80 valence electrons. The Balaban J connectivity index is 2.23. The monoisotopic (exact) mass is 212 g/mol. The second kappa shape index (κ2) is 2.91. The van der Waals surface area contributed by atoms with E-state index in [9.17, 15) is 0 Å². The van der Waals surface area contributed by atoms with Crippen molar-refractivity contribution >= 4 is 16.9 Å². The second-order valence-electron chi connectivity index (χ2n) is 5.58. The van der Waals surface area contributed by atoms with E-state index < -0.39 is 0 Å². The van der Waals surface area contributed by atoms with E-state index in [1.165, 1.54) is 19.3 Å². The van der Waals surface area contributed by atoms with Crippen molar-refractivity contribution in [2.24, 2.45) is 22.5 Å². The van der Waals surface area contributed by atoms with Gasteiger partial charge in [-0.15, -0.1) is 0 Å². The van der Waals surface area contributed by atoms with Crippen LogP contribution in [0.3, 0.4) is 0 Å². The van der Waals surface area contributed by atoms with Crippen LogP contribution in [0.4, 0.5) is 0 Å². The lowest BCUT2D eigenvalue weighted by atomic mass is 9.71. The first kappa shape index (κ1) is 10.3. The largest absolute Gasteiger partial charge is 0.379 e. The van der Waals surface area contributed by atoms with Gasteiger partial charge in [-0.3, -0.25) is 5.41 Å². The van der Waals surface area contributed by atoms with Crippen molar-refractivity contribution in [3.63, 3.8) is 0 Å². The fourth-order valence-electron chi connectivity index (χ4n) is 3.46. The first-order valence-corrected chi connectivity index (χ1v) is 6.26. The van der Waals surface area contributed by atoms with E-state index in [2.05, 4.69) is 20.8 Å². The van der Waals surface area contributed by atoms with Gasteiger partial charge in [-0.25, -0.2) is 0 Å². The van der Waals surface area contributed by atoms with Crippen LogP contribution in [-0.2, 0) is 0 Å². The van der Waals surface area contributed by atoms with E-state index in [0.29, 0.717) is 21.2 Å². The molecule has 0 unspecified atom stereocenters. The Bertz CT molecular complexity index is 274. The summed E-state index contributed by atoms with van der Waals surface area (Å²) in [5.41, 5.74) is 6.34. The molecule has 3 N–H and O–H groups in total. The summed E-state index contributed by atoms with van der Waals surface area (Å²) < 4.78 is 0. The van der Waals surface area contributed by atoms with Crippen molar-refractivity contribution in [2.45, 2.75) is 45.3 Å². The van der Waals surface area contributed by atoms with Gasteiger partial charge < -0.3 is 5.73 Å². The molecule has 14 heavy (non-hydrogen) atoms. The molecule has 2 aliphatic rings. The SMILES string of the molecule is CC1(C)[C@H]2CC[C@@]1(C)[C@@H](SC(=N)N)C2. The fraction of sp³-hybridized carbons (Fsp3) is 0.909. The van der Waals surface area contributed by atoms with Crippen molar-refractivity contribution in [3.8, 4) is 0 Å². The first-order chi connectivity index (χ1) is 6.38. The van der Waals surface area contributed by atoms with Gasteiger partial charge in [-0.2, -0.15) is 0 Å². The summed E-state index contributed by atoms with van der Waals surface area (Å²) in [6, 6.07) is 0. The van der Waals surface area contributed by atoms with Gasteiger partial charge in [0.05, 0.1) is 0 Å². The highest BCUT2D eigenvalue weighted by atomic mass is 32.2.